The molecular weight excluding hydrogens is 212 g/mol. The highest BCUT2D eigenvalue weighted by atomic mass is 16.3. The first kappa shape index (κ1) is 11.9. The summed E-state index contributed by atoms with van der Waals surface area (Å²) < 4.78 is 0. The van der Waals surface area contributed by atoms with Gasteiger partial charge in [-0.2, -0.15) is 5.10 Å². The molecule has 1 aromatic carbocycles. The Hall–Kier alpha value is -1.61. The molecule has 0 fully saturated rings. The number of benzene rings is 1. The lowest BCUT2D eigenvalue weighted by Gasteiger charge is -2.18. The van der Waals surface area contributed by atoms with Crippen molar-refractivity contribution in [3.8, 4) is 11.3 Å². The molecule has 2 rings (SSSR count). The quantitative estimate of drug-likeness (QED) is 0.833. The van der Waals surface area contributed by atoms with Crippen molar-refractivity contribution in [2.24, 2.45) is 0 Å². The molecule has 90 valence electrons. The highest BCUT2D eigenvalue weighted by Gasteiger charge is 2.13. The molecule has 0 saturated carbocycles. The van der Waals surface area contributed by atoms with E-state index in [1.54, 1.807) is 0 Å². The van der Waals surface area contributed by atoms with Crippen molar-refractivity contribution in [1.82, 2.24) is 10.2 Å². The molecule has 3 heteroatoms. The summed E-state index contributed by atoms with van der Waals surface area (Å²) in [6, 6.07) is 10.3. The third kappa shape index (κ3) is 2.56. The number of hydrogen-bond donors (Lipinski definition) is 2. The van der Waals surface area contributed by atoms with E-state index in [2.05, 4.69) is 55.2 Å². The largest absolute Gasteiger partial charge is 0.390 e. The van der Waals surface area contributed by atoms with Gasteiger partial charge in [-0.15, -0.1) is 0 Å². The zero-order chi connectivity index (χ0) is 12.5. The Labute approximate surface area is 102 Å². The van der Waals surface area contributed by atoms with Crippen molar-refractivity contribution in [2.45, 2.75) is 32.8 Å². The van der Waals surface area contributed by atoms with Gasteiger partial charge in [-0.25, -0.2) is 0 Å². The van der Waals surface area contributed by atoms with Crippen LogP contribution in [0.2, 0.25) is 0 Å². The van der Waals surface area contributed by atoms with Crippen LogP contribution in [0.5, 0.6) is 0 Å². The molecule has 0 aliphatic rings. The van der Waals surface area contributed by atoms with E-state index in [9.17, 15) is 0 Å². The normalized spacial score (nSPS) is 11.8. The summed E-state index contributed by atoms with van der Waals surface area (Å²) in [4.78, 5) is 0. The number of aromatic nitrogens is 2. The highest BCUT2D eigenvalue weighted by Crippen LogP contribution is 2.25. The molecule has 0 atom stereocenters. The van der Waals surface area contributed by atoms with Gasteiger partial charge in [-0.1, -0.05) is 45.0 Å². The van der Waals surface area contributed by atoms with Crippen molar-refractivity contribution >= 4 is 0 Å². The molecule has 1 aromatic heterocycles. The molecule has 0 unspecified atom stereocenters. The molecule has 0 radical (unpaired) electrons. The Balaban J connectivity index is 2.29. The van der Waals surface area contributed by atoms with Crippen molar-refractivity contribution in [1.29, 1.82) is 0 Å². The van der Waals surface area contributed by atoms with Crippen molar-refractivity contribution in [3.05, 3.63) is 41.6 Å². The second kappa shape index (κ2) is 4.34. The number of nitrogens with zero attached hydrogens (tertiary/aromatic N) is 1. The lowest BCUT2D eigenvalue weighted by molar-refractivity contribution is 0.276. The first-order chi connectivity index (χ1) is 8.00. The van der Waals surface area contributed by atoms with Crippen LogP contribution in [0.15, 0.2) is 30.3 Å². The number of aliphatic hydroxyl groups is 1. The number of aromatic amines is 1. The zero-order valence-electron chi connectivity index (χ0n) is 10.5. The predicted molar refractivity (Wildman–Crippen MR) is 68.6 cm³/mol. The number of rotatable bonds is 2. The second-order valence-corrected chi connectivity index (χ2v) is 5.26. The van der Waals surface area contributed by atoms with Gasteiger partial charge in [-0.3, -0.25) is 5.10 Å². The van der Waals surface area contributed by atoms with Crippen LogP contribution < -0.4 is 0 Å². The molecule has 0 aliphatic carbocycles. The van der Waals surface area contributed by atoms with E-state index < -0.39 is 0 Å². The maximum absolute atomic E-state index is 8.98. The molecule has 17 heavy (non-hydrogen) atoms. The van der Waals surface area contributed by atoms with Gasteiger partial charge in [0.15, 0.2) is 0 Å². The monoisotopic (exact) mass is 230 g/mol. The topological polar surface area (TPSA) is 48.9 Å². The lowest BCUT2D eigenvalue weighted by atomic mass is 9.86. The van der Waals surface area contributed by atoms with Gasteiger partial charge in [-0.05, 0) is 17.0 Å². The van der Waals surface area contributed by atoms with Crippen LogP contribution in [-0.4, -0.2) is 15.3 Å². The Morgan fingerprint density at radius 3 is 2.29 bits per heavy atom. The van der Waals surface area contributed by atoms with Crippen molar-refractivity contribution < 1.29 is 5.11 Å². The molecule has 3 nitrogen and oxygen atoms in total. The van der Waals surface area contributed by atoms with E-state index in [0.717, 1.165) is 17.0 Å². The standard InChI is InChI=1S/C14H18N2O/c1-14(2,3)11-6-4-10(5-7-11)13-8-12(9-17)15-16-13/h4-8,17H,9H2,1-3H3,(H,15,16). The lowest BCUT2D eigenvalue weighted by Crippen LogP contribution is -2.10. The molecule has 0 aliphatic heterocycles. The van der Waals surface area contributed by atoms with E-state index in [-0.39, 0.29) is 12.0 Å². The summed E-state index contributed by atoms with van der Waals surface area (Å²) in [6.45, 7) is 6.58. The fourth-order valence-corrected chi connectivity index (χ4v) is 1.73. The van der Waals surface area contributed by atoms with Gasteiger partial charge < -0.3 is 5.11 Å². The minimum absolute atomic E-state index is 0.00687. The molecule has 1 heterocycles. The van der Waals surface area contributed by atoms with Gasteiger partial charge in [0.1, 0.15) is 0 Å². The fraction of sp³-hybridized carbons (Fsp3) is 0.357. The Morgan fingerprint density at radius 2 is 1.82 bits per heavy atom. The number of aliphatic hydroxyl groups excluding tert-OH is 1. The van der Waals surface area contributed by atoms with Crippen LogP contribution in [0.4, 0.5) is 0 Å². The highest BCUT2D eigenvalue weighted by molar-refractivity contribution is 5.59. The van der Waals surface area contributed by atoms with E-state index in [1.165, 1.54) is 5.56 Å². The summed E-state index contributed by atoms with van der Waals surface area (Å²) in [5.74, 6) is 0. The summed E-state index contributed by atoms with van der Waals surface area (Å²) in [7, 11) is 0. The maximum atomic E-state index is 8.98. The smallest absolute Gasteiger partial charge is 0.0924 e. The minimum atomic E-state index is -0.00687. The van der Waals surface area contributed by atoms with Gasteiger partial charge in [0.25, 0.3) is 0 Å². The maximum Gasteiger partial charge on any atom is 0.0924 e. The van der Waals surface area contributed by atoms with Gasteiger partial charge in [0, 0.05) is 5.56 Å². The van der Waals surface area contributed by atoms with Crippen LogP contribution >= 0.6 is 0 Å². The molecule has 0 saturated heterocycles. The third-order valence-corrected chi connectivity index (χ3v) is 2.85. The van der Waals surface area contributed by atoms with Gasteiger partial charge >= 0.3 is 0 Å². The van der Waals surface area contributed by atoms with Crippen molar-refractivity contribution in [3.63, 3.8) is 0 Å². The number of H-pyrrole nitrogens is 1. The van der Waals surface area contributed by atoms with Crippen LogP contribution in [0, 0.1) is 0 Å². The van der Waals surface area contributed by atoms with Crippen LogP contribution in [0.1, 0.15) is 32.0 Å². The predicted octanol–water partition coefficient (Wildman–Crippen LogP) is 2.87. The third-order valence-electron chi connectivity index (χ3n) is 2.85. The average molecular weight is 230 g/mol. The van der Waals surface area contributed by atoms with Crippen LogP contribution in [-0.2, 0) is 12.0 Å². The van der Waals surface area contributed by atoms with Crippen molar-refractivity contribution in [2.75, 3.05) is 0 Å². The second-order valence-electron chi connectivity index (χ2n) is 5.26. The van der Waals surface area contributed by atoms with Gasteiger partial charge in [0.2, 0.25) is 0 Å². The van der Waals surface area contributed by atoms with Crippen LogP contribution in [0.25, 0.3) is 11.3 Å². The van der Waals surface area contributed by atoms with Crippen LogP contribution in [0.3, 0.4) is 0 Å². The molecule has 0 amide bonds. The zero-order valence-corrected chi connectivity index (χ0v) is 10.5. The van der Waals surface area contributed by atoms with E-state index in [4.69, 9.17) is 5.11 Å². The van der Waals surface area contributed by atoms with E-state index in [0.29, 0.717) is 0 Å². The van der Waals surface area contributed by atoms with E-state index >= 15 is 0 Å². The Kier molecular flexibility index (Phi) is 3.03. The first-order valence-corrected chi connectivity index (χ1v) is 5.77. The molecule has 2 N–H and O–H groups in total. The number of nitrogens with one attached hydrogen (secondary N) is 1. The SMILES string of the molecule is CC(C)(C)c1ccc(-c2cc(CO)[nH]n2)cc1. The fourth-order valence-electron chi connectivity index (χ4n) is 1.73. The summed E-state index contributed by atoms with van der Waals surface area (Å²) in [5, 5.41) is 15.9. The average Bonchev–Trinajstić information content (AvgIpc) is 2.76. The van der Waals surface area contributed by atoms with Gasteiger partial charge in [0.05, 0.1) is 18.0 Å². The first-order valence-electron chi connectivity index (χ1n) is 5.77. The molecule has 2 aromatic rings. The number of hydrogen-bond acceptors (Lipinski definition) is 2. The molecule has 0 spiro atoms. The summed E-state index contributed by atoms with van der Waals surface area (Å²) in [5.41, 5.74) is 4.14. The summed E-state index contributed by atoms with van der Waals surface area (Å²) >= 11 is 0. The minimum Gasteiger partial charge on any atom is -0.390 e. The Bertz CT molecular complexity index is 492. The Morgan fingerprint density at radius 1 is 1.18 bits per heavy atom. The summed E-state index contributed by atoms with van der Waals surface area (Å²) in [6.07, 6.45) is 0. The van der Waals surface area contributed by atoms with E-state index in [1.807, 2.05) is 6.07 Å². The molecular formula is C14H18N2O. The molecule has 0 bridgehead atoms.